The standard InChI is InChI=1S/C25H25N2/c1-5-19-9-8-17(2)24(14-19)25-23-11-10-20(21-7-6-12-26-16-21)15-22(23)13-18(3)27(25)4/h6-16H,5H2,1-4H3/q+1/i13D. The Hall–Kier alpha value is -3.00. The maximum Gasteiger partial charge on any atom is 0.220 e. The first-order chi connectivity index (χ1) is 13.5. The second-order valence-electron chi connectivity index (χ2n) is 7.12. The van der Waals surface area contributed by atoms with Crippen LogP contribution in [0.1, 0.15) is 25.1 Å². The first-order valence-electron chi connectivity index (χ1n) is 9.94. The number of hydrogen-bond donors (Lipinski definition) is 0. The molecule has 0 spiro atoms. The van der Waals surface area contributed by atoms with Gasteiger partial charge in [0.25, 0.3) is 0 Å². The molecule has 0 fully saturated rings. The molecule has 0 bridgehead atoms. The number of pyridine rings is 2. The van der Waals surface area contributed by atoms with Crippen molar-refractivity contribution in [3.8, 4) is 22.4 Å². The number of fused-ring (bicyclic) bond motifs is 1. The van der Waals surface area contributed by atoms with Gasteiger partial charge in [-0.2, -0.15) is 4.57 Å². The van der Waals surface area contributed by atoms with E-state index in [4.69, 9.17) is 1.37 Å². The number of nitrogens with zero attached hydrogens (tertiary/aromatic N) is 2. The summed E-state index contributed by atoms with van der Waals surface area (Å²) in [5.41, 5.74) is 8.12. The second-order valence-corrected chi connectivity index (χ2v) is 7.12. The predicted molar refractivity (Wildman–Crippen MR) is 113 cm³/mol. The van der Waals surface area contributed by atoms with E-state index >= 15 is 0 Å². The highest BCUT2D eigenvalue weighted by molar-refractivity contribution is 5.96. The quantitative estimate of drug-likeness (QED) is 0.439. The third-order valence-electron chi connectivity index (χ3n) is 5.39. The summed E-state index contributed by atoms with van der Waals surface area (Å²) >= 11 is 0. The van der Waals surface area contributed by atoms with E-state index in [1.54, 1.807) is 6.20 Å². The molecule has 134 valence electrons. The van der Waals surface area contributed by atoms with E-state index in [0.29, 0.717) is 6.04 Å². The number of hydrogen-bond acceptors (Lipinski definition) is 1. The van der Waals surface area contributed by atoms with Gasteiger partial charge in [-0.1, -0.05) is 31.2 Å². The summed E-state index contributed by atoms with van der Waals surface area (Å²) < 4.78 is 10.9. The van der Waals surface area contributed by atoms with E-state index < -0.39 is 0 Å². The number of benzene rings is 2. The molecule has 0 atom stereocenters. The fourth-order valence-electron chi connectivity index (χ4n) is 3.66. The minimum atomic E-state index is 0.580. The van der Waals surface area contributed by atoms with Crippen LogP contribution in [-0.4, -0.2) is 4.98 Å². The van der Waals surface area contributed by atoms with Gasteiger partial charge in [-0.05, 0) is 59.7 Å². The molecule has 2 aromatic heterocycles. The summed E-state index contributed by atoms with van der Waals surface area (Å²) in [5, 5.41) is 2.09. The fraction of sp³-hybridized carbons (Fsp3) is 0.200. The van der Waals surface area contributed by atoms with Crippen LogP contribution in [0.5, 0.6) is 0 Å². The zero-order valence-corrected chi connectivity index (χ0v) is 16.4. The summed E-state index contributed by atoms with van der Waals surface area (Å²) in [5.74, 6) is 0. The van der Waals surface area contributed by atoms with Crippen molar-refractivity contribution in [3.63, 3.8) is 0 Å². The highest BCUT2D eigenvalue weighted by Crippen LogP contribution is 2.32. The van der Waals surface area contributed by atoms with Crippen LogP contribution >= 0.6 is 0 Å². The molecular formula is C25H25N2+. The summed E-state index contributed by atoms with van der Waals surface area (Å²) in [6.45, 7) is 6.38. The zero-order valence-electron chi connectivity index (χ0n) is 17.4. The molecular weight excluding hydrogens is 328 g/mol. The summed E-state index contributed by atoms with van der Waals surface area (Å²) in [6.07, 6.45) is 4.66. The van der Waals surface area contributed by atoms with Gasteiger partial charge in [0.05, 0.1) is 6.76 Å². The minimum absolute atomic E-state index is 0.580. The molecule has 0 radical (unpaired) electrons. The van der Waals surface area contributed by atoms with Crippen molar-refractivity contribution in [2.24, 2.45) is 7.05 Å². The highest BCUT2D eigenvalue weighted by Gasteiger charge is 2.20. The molecule has 2 heteroatoms. The van der Waals surface area contributed by atoms with Crippen molar-refractivity contribution in [1.29, 1.82) is 0 Å². The fourth-order valence-corrected chi connectivity index (χ4v) is 3.66. The van der Waals surface area contributed by atoms with E-state index in [9.17, 15) is 0 Å². The highest BCUT2D eigenvalue weighted by atomic mass is 14.9. The summed E-state index contributed by atoms with van der Waals surface area (Å²) in [4.78, 5) is 4.24. The van der Waals surface area contributed by atoms with Gasteiger partial charge >= 0.3 is 0 Å². The van der Waals surface area contributed by atoms with E-state index in [0.717, 1.165) is 34.0 Å². The van der Waals surface area contributed by atoms with Crippen LogP contribution in [0.3, 0.4) is 0 Å². The van der Waals surface area contributed by atoms with Crippen LogP contribution in [0.25, 0.3) is 33.2 Å². The Kier molecular flexibility index (Phi) is 4.17. The Balaban J connectivity index is 2.05. The van der Waals surface area contributed by atoms with Crippen molar-refractivity contribution in [1.82, 2.24) is 4.98 Å². The molecule has 0 saturated carbocycles. The minimum Gasteiger partial charge on any atom is -0.264 e. The maximum absolute atomic E-state index is 8.74. The Labute approximate surface area is 162 Å². The van der Waals surface area contributed by atoms with Crippen molar-refractivity contribution < 1.29 is 5.94 Å². The topological polar surface area (TPSA) is 16.8 Å². The average Bonchev–Trinajstić information content (AvgIpc) is 2.74. The lowest BCUT2D eigenvalue weighted by atomic mass is 9.94. The van der Waals surface area contributed by atoms with E-state index in [-0.39, 0.29) is 0 Å². The van der Waals surface area contributed by atoms with Crippen LogP contribution in [0, 0.1) is 13.8 Å². The van der Waals surface area contributed by atoms with Crippen molar-refractivity contribution in [2.75, 3.05) is 0 Å². The summed E-state index contributed by atoms with van der Waals surface area (Å²) in [6, 6.07) is 17.7. The smallest absolute Gasteiger partial charge is 0.220 e. The molecule has 27 heavy (non-hydrogen) atoms. The molecule has 0 aliphatic heterocycles. The normalized spacial score (nSPS) is 11.6. The maximum atomic E-state index is 8.74. The SMILES string of the molecule is [2H]c1c(C)[n+](C)c(-c2cc(CC)ccc2C)c2ccc(-c3cccnc3)cc12. The van der Waals surface area contributed by atoms with Crippen LogP contribution in [0.2, 0.25) is 0 Å². The van der Waals surface area contributed by atoms with Gasteiger partial charge in [0.2, 0.25) is 5.69 Å². The lowest BCUT2D eigenvalue weighted by Crippen LogP contribution is -2.35. The number of aromatic nitrogens is 2. The van der Waals surface area contributed by atoms with Crippen LogP contribution in [-0.2, 0) is 13.5 Å². The van der Waals surface area contributed by atoms with Crippen molar-refractivity contribution in [2.45, 2.75) is 27.2 Å². The largest absolute Gasteiger partial charge is 0.264 e. The molecule has 0 amide bonds. The predicted octanol–water partition coefficient (Wildman–Crippen LogP) is 5.57. The Bertz CT molecular complexity index is 1180. The lowest BCUT2D eigenvalue weighted by Gasteiger charge is -2.12. The molecule has 2 nitrogen and oxygen atoms in total. The van der Waals surface area contributed by atoms with Crippen molar-refractivity contribution >= 4 is 10.8 Å². The number of aryl methyl sites for hydroxylation is 2. The molecule has 0 unspecified atom stereocenters. The molecule has 0 aliphatic carbocycles. The molecule has 4 aromatic rings. The summed E-state index contributed by atoms with van der Waals surface area (Å²) in [7, 11) is 2.06. The van der Waals surface area contributed by atoms with Crippen LogP contribution in [0.15, 0.2) is 67.0 Å². The second kappa shape index (κ2) is 6.96. The van der Waals surface area contributed by atoms with Gasteiger partial charge in [-0.15, -0.1) is 0 Å². The Morgan fingerprint density at radius 3 is 2.63 bits per heavy atom. The monoisotopic (exact) mass is 354 g/mol. The van der Waals surface area contributed by atoms with Gasteiger partial charge < -0.3 is 0 Å². The first-order valence-corrected chi connectivity index (χ1v) is 9.44. The van der Waals surface area contributed by atoms with Gasteiger partial charge in [-0.3, -0.25) is 4.98 Å². The molecule has 0 saturated heterocycles. The van der Waals surface area contributed by atoms with Crippen LogP contribution < -0.4 is 4.57 Å². The molecule has 2 aromatic carbocycles. The van der Waals surface area contributed by atoms with E-state index in [2.05, 4.69) is 72.9 Å². The zero-order chi connectivity index (χ0) is 19.8. The van der Waals surface area contributed by atoms with E-state index in [1.165, 1.54) is 22.4 Å². The Morgan fingerprint density at radius 2 is 1.89 bits per heavy atom. The van der Waals surface area contributed by atoms with Gasteiger partial charge in [0.1, 0.15) is 7.05 Å². The third-order valence-corrected chi connectivity index (χ3v) is 5.39. The van der Waals surface area contributed by atoms with Crippen LogP contribution in [0.4, 0.5) is 0 Å². The average molecular weight is 354 g/mol. The number of rotatable bonds is 3. The Morgan fingerprint density at radius 1 is 1.04 bits per heavy atom. The molecule has 4 rings (SSSR count). The van der Waals surface area contributed by atoms with Gasteiger partial charge in [0.15, 0.2) is 5.69 Å². The first kappa shape index (κ1) is 16.2. The van der Waals surface area contributed by atoms with Crippen molar-refractivity contribution in [3.05, 3.63) is 83.8 Å². The lowest BCUT2D eigenvalue weighted by molar-refractivity contribution is -0.665. The molecule has 0 aliphatic rings. The van der Waals surface area contributed by atoms with Gasteiger partial charge in [-0.25, -0.2) is 0 Å². The third kappa shape index (κ3) is 3.12. The molecule has 2 heterocycles. The molecule has 0 N–H and O–H groups in total. The van der Waals surface area contributed by atoms with E-state index in [1.807, 2.05) is 19.2 Å². The van der Waals surface area contributed by atoms with Gasteiger partial charge in [0, 0.05) is 36.5 Å².